The van der Waals surface area contributed by atoms with Crippen LogP contribution in [0.15, 0.2) is 24.3 Å². The largest absolute Gasteiger partial charge is 0.481 e. The van der Waals surface area contributed by atoms with Gasteiger partial charge in [0, 0.05) is 6.54 Å². The Kier molecular flexibility index (Phi) is 5.65. The van der Waals surface area contributed by atoms with Crippen LogP contribution in [0.25, 0.3) is 0 Å². The minimum atomic E-state index is -0.572. The predicted molar refractivity (Wildman–Crippen MR) is 70.6 cm³/mol. The van der Waals surface area contributed by atoms with Gasteiger partial charge in [-0.3, -0.25) is 4.79 Å². The van der Waals surface area contributed by atoms with E-state index in [-0.39, 0.29) is 12.5 Å². The normalized spacial score (nSPS) is 13.8. The summed E-state index contributed by atoms with van der Waals surface area (Å²) in [5.41, 5.74) is 1.14. The third-order valence-corrected chi connectivity index (χ3v) is 2.69. The van der Waals surface area contributed by atoms with Crippen LogP contribution in [-0.4, -0.2) is 29.8 Å². The Bertz CT molecular complexity index is 375. The molecule has 18 heavy (non-hydrogen) atoms. The monoisotopic (exact) mass is 251 g/mol. The van der Waals surface area contributed by atoms with Gasteiger partial charge in [-0.15, -0.1) is 0 Å². The van der Waals surface area contributed by atoms with Gasteiger partial charge in [0.25, 0.3) is 5.91 Å². The highest BCUT2D eigenvalue weighted by molar-refractivity contribution is 5.80. The van der Waals surface area contributed by atoms with Gasteiger partial charge in [-0.2, -0.15) is 0 Å². The summed E-state index contributed by atoms with van der Waals surface area (Å²) in [7, 11) is 0. The molecule has 1 aromatic carbocycles. The third kappa shape index (κ3) is 4.75. The molecule has 0 spiro atoms. The summed E-state index contributed by atoms with van der Waals surface area (Å²) in [4.78, 5) is 11.7. The van der Waals surface area contributed by atoms with E-state index in [1.165, 1.54) is 0 Å². The molecular weight excluding hydrogens is 230 g/mol. The number of amides is 1. The average molecular weight is 251 g/mol. The fourth-order valence-corrected chi connectivity index (χ4v) is 1.38. The van der Waals surface area contributed by atoms with E-state index in [0.29, 0.717) is 12.2 Å². The van der Waals surface area contributed by atoms with Gasteiger partial charge in [0.2, 0.25) is 0 Å². The van der Waals surface area contributed by atoms with E-state index in [1.54, 1.807) is 6.92 Å². The zero-order valence-corrected chi connectivity index (χ0v) is 11.1. The van der Waals surface area contributed by atoms with Crippen LogP contribution < -0.4 is 10.1 Å². The molecule has 0 fully saturated rings. The van der Waals surface area contributed by atoms with Crippen molar-refractivity contribution in [2.24, 2.45) is 0 Å². The summed E-state index contributed by atoms with van der Waals surface area (Å²) in [6, 6.07) is 7.53. The van der Waals surface area contributed by atoms with Gasteiger partial charge in [-0.1, -0.05) is 24.6 Å². The number of aliphatic hydroxyl groups excluding tert-OH is 1. The zero-order chi connectivity index (χ0) is 13.5. The highest BCUT2D eigenvalue weighted by atomic mass is 16.5. The lowest BCUT2D eigenvalue weighted by molar-refractivity contribution is -0.127. The van der Waals surface area contributed by atoms with Crippen LogP contribution >= 0.6 is 0 Å². The second kappa shape index (κ2) is 7.01. The molecule has 0 aromatic heterocycles. The van der Waals surface area contributed by atoms with Crippen molar-refractivity contribution in [1.29, 1.82) is 0 Å². The van der Waals surface area contributed by atoms with E-state index in [2.05, 4.69) is 5.32 Å². The molecule has 0 aliphatic rings. The van der Waals surface area contributed by atoms with Gasteiger partial charge in [0.05, 0.1) is 6.10 Å². The standard InChI is InChI=1S/C14H21NO3/c1-4-12(16)9-15-14(17)11(3)18-13-7-5-10(2)6-8-13/h5-8,11-12,16H,4,9H2,1-3H3,(H,15,17). The van der Waals surface area contributed by atoms with Crippen LogP contribution in [0.5, 0.6) is 5.75 Å². The molecule has 0 radical (unpaired) electrons. The van der Waals surface area contributed by atoms with Gasteiger partial charge in [0.15, 0.2) is 6.10 Å². The molecule has 4 nitrogen and oxygen atoms in total. The molecule has 0 aliphatic heterocycles. The number of ether oxygens (including phenoxy) is 1. The molecule has 100 valence electrons. The van der Waals surface area contributed by atoms with Gasteiger partial charge in [0.1, 0.15) is 5.75 Å². The second-order valence-corrected chi connectivity index (χ2v) is 4.38. The van der Waals surface area contributed by atoms with Crippen LogP contribution in [0.2, 0.25) is 0 Å². The highest BCUT2D eigenvalue weighted by Crippen LogP contribution is 2.13. The molecule has 0 saturated heterocycles. The van der Waals surface area contributed by atoms with Crippen molar-refractivity contribution in [3.05, 3.63) is 29.8 Å². The maximum absolute atomic E-state index is 11.7. The zero-order valence-electron chi connectivity index (χ0n) is 11.1. The van der Waals surface area contributed by atoms with Gasteiger partial charge in [-0.25, -0.2) is 0 Å². The average Bonchev–Trinajstić information content (AvgIpc) is 2.38. The molecule has 2 N–H and O–H groups in total. The number of carbonyl (C=O) groups is 1. The van der Waals surface area contributed by atoms with Gasteiger partial charge >= 0.3 is 0 Å². The number of rotatable bonds is 6. The first-order chi connectivity index (χ1) is 8.52. The molecule has 0 saturated carbocycles. The lowest BCUT2D eigenvalue weighted by atomic mass is 10.2. The molecule has 1 aromatic rings. The van der Waals surface area contributed by atoms with Gasteiger partial charge in [-0.05, 0) is 32.4 Å². The SMILES string of the molecule is CCC(O)CNC(=O)C(C)Oc1ccc(C)cc1. The smallest absolute Gasteiger partial charge is 0.260 e. The van der Waals surface area contributed by atoms with Crippen LogP contribution in [0.4, 0.5) is 0 Å². The number of hydrogen-bond acceptors (Lipinski definition) is 3. The third-order valence-electron chi connectivity index (χ3n) is 2.69. The number of aryl methyl sites for hydroxylation is 1. The van der Waals surface area contributed by atoms with Crippen molar-refractivity contribution in [2.45, 2.75) is 39.4 Å². The van der Waals surface area contributed by atoms with Crippen molar-refractivity contribution in [3.8, 4) is 5.75 Å². The molecule has 2 atom stereocenters. The first-order valence-electron chi connectivity index (χ1n) is 6.22. The van der Waals surface area contributed by atoms with E-state index in [4.69, 9.17) is 4.74 Å². The lowest BCUT2D eigenvalue weighted by Gasteiger charge is -2.16. The molecule has 1 rings (SSSR count). The molecule has 0 aliphatic carbocycles. The minimum absolute atomic E-state index is 0.219. The highest BCUT2D eigenvalue weighted by Gasteiger charge is 2.15. The van der Waals surface area contributed by atoms with Crippen molar-refractivity contribution >= 4 is 5.91 Å². The summed E-state index contributed by atoms with van der Waals surface area (Å²) >= 11 is 0. The van der Waals surface area contributed by atoms with Crippen LogP contribution in [0, 0.1) is 6.92 Å². The Morgan fingerprint density at radius 3 is 2.56 bits per heavy atom. The second-order valence-electron chi connectivity index (χ2n) is 4.38. The van der Waals surface area contributed by atoms with Crippen molar-refractivity contribution in [2.75, 3.05) is 6.54 Å². The van der Waals surface area contributed by atoms with Crippen molar-refractivity contribution in [1.82, 2.24) is 5.32 Å². The van der Waals surface area contributed by atoms with E-state index < -0.39 is 12.2 Å². The number of hydrogen-bond donors (Lipinski definition) is 2. The summed E-state index contributed by atoms with van der Waals surface area (Å²) in [6.07, 6.45) is -0.453. The topological polar surface area (TPSA) is 58.6 Å². The Hall–Kier alpha value is -1.55. The number of aliphatic hydroxyl groups is 1. The van der Waals surface area contributed by atoms with Crippen LogP contribution in [0.1, 0.15) is 25.8 Å². The molecule has 1 amide bonds. The first kappa shape index (κ1) is 14.5. The fourth-order valence-electron chi connectivity index (χ4n) is 1.38. The molecule has 0 bridgehead atoms. The molecule has 0 heterocycles. The molecule has 4 heteroatoms. The quantitative estimate of drug-likeness (QED) is 0.808. The lowest BCUT2D eigenvalue weighted by Crippen LogP contribution is -2.40. The summed E-state index contributed by atoms with van der Waals surface area (Å²) in [6.45, 7) is 5.81. The Morgan fingerprint density at radius 1 is 1.39 bits per heavy atom. The van der Waals surface area contributed by atoms with Crippen LogP contribution in [0.3, 0.4) is 0 Å². The first-order valence-corrected chi connectivity index (χ1v) is 6.22. The van der Waals surface area contributed by atoms with Crippen molar-refractivity contribution < 1.29 is 14.6 Å². The number of benzene rings is 1. The maximum atomic E-state index is 11.7. The predicted octanol–water partition coefficient (Wildman–Crippen LogP) is 1.65. The maximum Gasteiger partial charge on any atom is 0.260 e. The van der Waals surface area contributed by atoms with Crippen molar-refractivity contribution in [3.63, 3.8) is 0 Å². The molecular formula is C14H21NO3. The fraction of sp³-hybridized carbons (Fsp3) is 0.500. The van der Waals surface area contributed by atoms with E-state index >= 15 is 0 Å². The Balaban J connectivity index is 2.42. The summed E-state index contributed by atoms with van der Waals surface area (Å²) in [5.74, 6) is 0.447. The van der Waals surface area contributed by atoms with E-state index in [0.717, 1.165) is 5.56 Å². The number of carbonyl (C=O) groups excluding carboxylic acids is 1. The number of nitrogens with one attached hydrogen (secondary N) is 1. The summed E-state index contributed by atoms with van der Waals surface area (Å²) < 4.78 is 5.50. The Morgan fingerprint density at radius 2 is 2.00 bits per heavy atom. The summed E-state index contributed by atoms with van der Waals surface area (Å²) in [5, 5.41) is 12.0. The van der Waals surface area contributed by atoms with Gasteiger partial charge < -0.3 is 15.2 Å². The molecule has 2 unspecified atom stereocenters. The Labute approximate surface area is 108 Å². The van der Waals surface area contributed by atoms with E-state index in [9.17, 15) is 9.90 Å². The minimum Gasteiger partial charge on any atom is -0.481 e. The van der Waals surface area contributed by atoms with E-state index in [1.807, 2.05) is 38.1 Å². The van der Waals surface area contributed by atoms with Crippen LogP contribution in [-0.2, 0) is 4.79 Å².